The molecule has 2 heterocycles. The molecule has 0 radical (unpaired) electrons. The standard InChI is InChI=1S/C17H24N2O.ClH/c1-2-16(13-6-4-3-5-7-13)17(20)19-9-8-14-10-18-11-15(14)12-19;/h3-7,14-16,18H,2,8-12H2,1H3;1H. The molecule has 21 heavy (non-hydrogen) atoms. The van der Waals surface area contributed by atoms with Crippen LogP contribution in [-0.4, -0.2) is 37.0 Å². The number of hydrogen-bond donors (Lipinski definition) is 1. The van der Waals surface area contributed by atoms with Gasteiger partial charge in [-0.3, -0.25) is 4.79 Å². The third-order valence-electron chi connectivity index (χ3n) is 4.92. The van der Waals surface area contributed by atoms with Gasteiger partial charge < -0.3 is 10.2 Å². The van der Waals surface area contributed by atoms with Crippen LogP contribution in [0.3, 0.4) is 0 Å². The van der Waals surface area contributed by atoms with E-state index in [1.54, 1.807) is 0 Å². The van der Waals surface area contributed by atoms with Crippen LogP contribution < -0.4 is 5.32 Å². The average Bonchev–Trinajstić information content (AvgIpc) is 2.96. The summed E-state index contributed by atoms with van der Waals surface area (Å²) in [7, 11) is 0. The van der Waals surface area contributed by atoms with Gasteiger partial charge in [-0.1, -0.05) is 37.3 Å². The Morgan fingerprint density at radius 2 is 2.00 bits per heavy atom. The van der Waals surface area contributed by atoms with E-state index in [0.717, 1.165) is 50.5 Å². The Bertz CT molecular complexity index is 465. The summed E-state index contributed by atoms with van der Waals surface area (Å²) in [5.74, 6) is 1.81. The van der Waals surface area contributed by atoms with E-state index in [1.807, 2.05) is 18.2 Å². The van der Waals surface area contributed by atoms with Crippen LogP contribution in [0.15, 0.2) is 30.3 Å². The molecule has 2 fully saturated rings. The smallest absolute Gasteiger partial charge is 0.230 e. The summed E-state index contributed by atoms with van der Waals surface area (Å²) >= 11 is 0. The summed E-state index contributed by atoms with van der Waals surface area (Å²) in [5, 5.41) is 3.46. The molecule has 1 N–H and O–H groups in total. The maximum Gasteiger partial charge on any atom is 0.230 e. The van der Waals surface area contributed by atoms with E-state index in [9.17, 15) is 4.79 Å². The van der Waals surface area contributed by atoms with Gasteiger partial charge in [-0.15, -0.1) is 12.4 Å². The van der Waals surface area contributed by atoms with E-state index in [2.05, 4.69) is 29.3 Å². The number of piperidine rings is 1. The van der Waals surface area contributed by atoms with Crippen molar-refractivity contribution in [1.29, 1.82) is 0 Å². The van der Waals surface area contributed by atoms with Crippen LogP contribution in [0.1, 0.15) is 31.2 Å². The normalized spacial score (nSPS) is 25.9. The van der Waals surface area contributed by atoms with Gasteiger partial charge in [0, 0.05) is 13.1 Å². The molecule has 2 saturated heterocycles. The molecule has 0 aliphatic carbocycles. The molecule has 3 rings (SSSR count). The Balaban J connectivity index is 0.00000161. The predicted molar refractivity (Wildman–Crippen MR) is 87.8 cm³/mol. The highest BCUT2D eigenvalue weighted by molar-refractivity contribution is 5.85. The van der Waals surface area contributed by atoms with Crippen molar-refractivity contribution in [3.05, 3.63) is 35.9 Å². The number of benzene rings is 1. The van der Waals surface area contributed by atoms with Crippen molar-refractivity contribution < 1.29 is 4.79 Å². The second-order valence-electron chi connectivity index (χ2n) is 6.12. The number of hydrogen-bond acceptors (Lipinski definition) is 2. The molecule has 2 aliphatic rings. The Hall–Kier alpha value is -1.06. The second kappa shape index (κ2) is 7.28. The minimum Gasteiger partial charge on any atom is -0.342 e. The van der Waals surface area contributed by atoms with Crippen molar-refractivity contribution in [1.82, 2.24) is 10.2 Å². The highest BCUT2D eigenvalue weighted by atomic mass is 35.5. The van der Waals surface area contributed by atoms with Gasteiger partial charge >= 0.3 is 0 Å². The lowest BCUT2D eigenvalue weighted by Gasteiger charge is -2.36. The molecule has 3 nitrogen and oxygen atoms in total. The summed E-state index contributed by atoms with van der Waals surface area (Å²) < 4.78 is 0. The van der Waals surface area contributed by atoms with Gasteiger partial charge in [0.1, 0.15) is 0 Å². The Kier molecular flexibility index (Phi) is 5.65. The van der Waals surface area contributed by atoms with Gasteiger partial charge in [0.05, 0.1) is 5.92 Å². The minimum atomic E-state index is 0. The van der Waals surface area contributed by atoms with Crippen LogP contribution in [0.2, 0.25) is 0 Å². The number of rotatable bonds is 3. The molecule has 1 aromatic rings. The zero-order valence-electron chi connectivity index (χ0n) is 12.6. The third kappa shape index (κ3) is 3.41. The van der Waals surface area contributed by atoms with E-state index in [-0.39, 0.29) is 18.3 Å². The Labute approximate surface area is 133 Å². The molecule has 0 saturated carbocycles. The highest BCUT2D eigenvalue weighted by Gasteiger charge is 2.36. The molecule has 0 spiro atoms. The highest BCUT2D eigenvalue weighted by Crippen LogP contribution is 2.29. The first-order valence-electron chi connectivity index (χ1n) is 7.84. The Morgan fingerprint density at radius 3 is 2.71 bits per heavy atom. The number of nitrogens with zero attached hydrogens (tertiary/aromatic N) is 1. The first-order chi connectivity index (χ1) is 9.79. The topological polar surface area (TPSA) is 32.3 Å². The van der Waals surface area contributed by atoms with E-state index in [0.29, 0.717) is 11.8 Å². The number of amides is 1. The zero-order valence-corrected chi connectivity index (χ0v) is 13.4. The minimum absolute atomic E-state index is 0. The third-order valence-corrected chi connectivity index (χ3v) is 4.92. The van der Waals surface area contributed by atoms with E-state index in [4.69, 9.17) is 0 Å². The molecular formula is C17H25ClN2O. The Morgan fingerprint density at radius 1 is 1.29 bits per heavy atom. The predicted octanol–water partition coefficient (Wildman–Crippen LogP) is 2.67. The van der Waals surface area contributed by atoms with E-state index >= 15 is 0 Å². The van der Waals surface area contributed by atoms with Gasteiger partial charge in [0.15, 0.2) is 0 Å². The summed E-state index contributed by atoms with van der Waals surface area (Å²) in [5.41, 5.74) is 1.16. The fraction of sp³-hybridized carbons (Fsp3) is 0.588. The number of likely N-dealkylation sites (tertiary alicyclic amines) is 1. The van der Waals surface area contributed by atoms with E-state index < -0.39 is 0 Å². The zero-order chi connectivity index (χ0) is 13.9. The number of halogens is 1. The lowest BCUT2D eigenvalue weighted by atomic mass is 9.87. The van der Waals surface area contributed by atoms with Gasteiger partial charge in [-0.05, 0) is 43.3 Å². The number of carbonyl (C=O) groups excluding carboxylic acids is 1. The molecule has 0 aromatic heterocycles. The fourth-order valence-electron chi connectivity index (χ4n) is 3.69. The van der Waals surface area contributed by atoms with Gasteiger partial charge in [-0.2, -0.15) is 0 Å². The van der Waals surface area contributed by atoms with Crippen LogP contribution in [0.25, 0.3) is 0 Å². The van der Waals surface area contributed by atoms with Crippen molar-refractivity contribution in [3.8, 4) is 0 Å². The van der Waals surface area contributed by atoms with Crippen LogP contribution in [0, 0.1) is 11.8 Å². The lowest BCUT2D eigenvalue weighted by molar-refractivity contribution is -0.135. The molecule has 0 bridgehead atoms. The van der Waals surface area contributed by atoms with Crippen LogP contribution in [-0.2, 0) is 4.79 Å². The van der Waals surface area contributed by atoms with Crippen molar-refractivity contribution >= 4 is 18.3 Å². The first-order valence-corrected chi connectivity index (χ1v) is 7.84. The molecule has 2 aliphatic heterocycles. The molecule has 3 atom stereocenters. The van der Waals surface area contributed by atoms with Crippen molar-refractivity contribution in [3.63, 3.8) is 0 Å². The molecule has 116 valence electrons. The van der Waals surface area contributed by atoms with E-state index in [1.165, 1.54) is 0 Å². The maximum atomic E-state index is 12.8. The SMILES string of the molecule is CCC(C(=O)N1CCC2CNCC2C1)c1ccccc1.Cl. The van der Waals surface area contributed by atoms with Crippen LogP contribution in [0.4, 0.5) is 0 Å². The summed E-state index contributed by atoms with van der Waals surface area (Å²) in [4.78, 5) is 14.9. The van der Waals surface area contributed by atoms with Crippen LogP contribution in [0.5, 0.6) is 0 Å². The summed E-state index contributed by atoms with van der Waals surface area (Å²) in [6.07, 6.45) is 2.04. The van der Waals surface area contributed by atoms with Crippen molar-refractivity contribution in [2.45, 2.75) is 25.7 Å². The first kappa shape index (κ1) is 16.3. The molecule has 4 heteroatoms. The maximum absolute atomic E-state index is 12.8. The number of fused-ring (bicyclic) bond motifs is 1. The second-order valence-corrected chi connectivity index (χ2v) is 6.12. The van der Waals surface area contributed by atoms with Crippen molar-refractivity contribution in [2.75, 3.05) is 26.2 Å². The summed E-state index contributed by atoms with van der Waals surface area (Å²) in [6, 6.07) is 10.2. The molecule has 1 amide bonds. The lowest BCUT2D eigenvalue weighted by Crippen LogP contribution is -2.45. The van der Waals surface area contributed by atoms with Crippen molar-refractivity contribution in [2.24, 2.45) is 11.8 Å². The number of nitrogens with one attached hydrogen (secondary N) is 1. The molecule has 1 aromatic carbocycles. The molecular weight excluding hydrogens is 284 g/mol. The van der Waals surface area contributed by atoms with Gasteiger partial charge in [-0.25, -0.2) is 0 Å². The summed E-state index contributed by atoms with van der Waals surface area (Å²) in [6.45, 7) is 6.21. The largest absolute Gasteiger partial charge is 0.342 e. The van der Waals surface area contributed by atoms with Gasteiger partial charge in [0.2, 0.25) is 5.91 Å². The number of carbonyl (C=O) groups is 1. The quantitative estimate of drug-likeness (QED) is 0.931. The van der Waals surface area contributed by atoms with Crippen LogP contribution >= 0.6 is 12.4 Å². The average molecular weight is 309 g/mol. The fourth-order valence-corrected chi connectivity index (χ4v) is 3.69. The molecule has 3 unspecified atom stereocenters. The monoisotopic (exact) mass is 308 g/mol. The van der Waals surface area contributed by atoms with Gasteiger partial charge in [0.25, 0.3) is 0 Å².